The highest BCUT2D eigenvalue weighted by molar-refractivity contribution is 5.91. The van der Waals surface area contributed by atoms with E-state index >= 15 is 0 Å². The minimum absolute atomic E-state index is 0.00148. The maximum Gasteiger partial charge on any atom is 0.317 e. The third-order valence-corrected chi connectivity index (χ3v) is 7.12. The van der Waals surface area contributed by atoms with Crippen LogP contribution in [-0.2, 0) is 0 Å². The first-order valence-electron chi connectivity index (χ1n) is 12.7. The SMILES string of the molecule is CCNC(=O)N1CCC(c2nc(-c3ccc4ccc(-c5ccccc5)nc4c3)c3c(N)nccn23)CC1. The van der Waals surface area contributed by atoms with Crippen LogP contribution in [0, 0.1) is 0 Å². The second-order valence-corrected chi connectivity index (χ2v) is 9.42. The van der Waals surface area contributed by atoms with E-state index in [-0.39, 0.29) is 11.9 Å². The number of aromatic nitrogens is 4. The number of benzene rings is 2. The number of urea groups is 1. The van der Waals surface area contributed by atoms with Crippen molar-refractivity contribution >= 4 is 28.3 Å². The highest BCUT2D eigenvalue weighted by Gasteiger charge is 2.28. The number of likely N-dealkylation sites (tertiary alicyclic amines) is 1. The number of anilines is 1. The van der Waals surface area contributed by atoms with Crippen molar-refractivity contribution in [3.05, 3.63) is 78.9 Å². The van der Waals surface area contributed by atoms with Crippen LogP contribution in [-0.4, -0.2) is 49.9 Å². The predicted octanol–water partition coefficient (Wildman–Crippen LogP) is 5.10. The third-order valence-electron chi connectivity index (χ3n) is 7.12. The number of nitrogen functional groups attached to an aromatic ring is 1. The van der Waals surface area contributed by atoms with Gasteiger partial charge in [-0.2, -0.15) is 0 Å². The summed E-state index contributed by atoms with van der Waals surface area (Å²) >= 11 is 0. The lowest BCUT2D eigenvalue weighted by atomic mass is 9.96. The molecule has 0 bridgehead atoms. The number of carbonyl (C=O) groups excluding carboxylic acids is 1. The van der Waals surface area contributed by atoms with Gasteiger partial charge in [0.05, 0.1) is 11.2 Å². The minimum atomic E-state index is 0.00148. The van der Waals surface area contributed by atoms with E-state index in [0.717, 1.165) is 57.6 Å². The highest BCUT2D eigenvalue weighted by atomic mass is 16.2. The minimum Gasteiger partial charge on any atom is -0.382 e. The zero-order chi connectivity index (χ0) is 25.4. The van der Waals surface area contributed by atoms with Gasteiger partial charge in [0.25, 0.3) is 0 Å². The monoisotopic (exact) mass is 491 g/mol. The van der Waals surface area contributed by atoms with Gasteiger partial charge in [-0.1, -0.05) is 48.5 Å². The Morgan fingerprint density at radius 1 is 1.03 bits per heavy atom. The molecule has 2 aromatic carbocycles. The van der Waals surface area contributed by atoms with Gasteiger partial charge in [0.1, 0.15) is 22.9 Å². The van der Waals surface area contributed by atoms with Gasteiger partial charge in [-0.25, -0.2) is 19.7 Å². The Morgan fingerprint density at radius 2 is 1.81 bits per heavy atom. The Labute approximate surface area is 215 Å². The van der Waals surface area contributed by atoms with E-state index < -0.39 is 0 Å². The molecule has 8 nitrogen and oxygen atoms in total. The number of carbonyl (C=O) groups is 1. The molecule has 1 aliphatic rings. The van der Waals surface area contributed by atoms with E-state index in [1.165, 1.54) is 0 Å². The van der Waals surface area contributed by atoms with Crippen molar-refractivity contribution in [1.82, 2.24) is 29.6 Å². The Morgan fingerprint density at radius 3 is 2.59 bits per heavy atom. The smallest absolute Gasteiger partial charge is 0.317 e. The Bertz CT molecular complexity index is 1590. The number of hydrogen-bond acceptors (Lipinski definition) is 5. The summed E-state index contributed by atoms with van der Waals surface area (Å²) in [6.45, 7) is 3.96. The van der Waals surface area contributed by atoms with E-state index in [9.17, 15) is 4.79 Å². The Balaban J connectivity index is 1.39. The number of pyridine rings is 1. The van der Waals surface area contributed by atoms with Gasteiger partial charge in [0, 0.05) is 54.5 Å². The molecule has 1 saturated heterocycles. The highest BCUT2D eigenvalue weighted by Crippen LogP contribution is 2.35. The first-order valence-corrected chi connectivity index (χ1v) is 12.7. The van der Waals surface area contributed by atoms with Crippen LogP contribution in [0.2, 0.25) is 0 Å². The number of piperidine rings is 1. The van der Waals surface area contributed by atoms with Gasteiger partial charge in [0.15, 0.2) is 0 Å². The van der Waals surface area contributed by atoms with Gasteiger partial charge in [-0.05, 0) is 31.9 Å². The molecule has 0 aliphatic carbocycles. The number of hydrogen-bond donors (Lipinski definition) is 2. The van der Waals surface area contributed by atoms with Gasteiger partial charge in [0.2, 0.25) is 0 Å². The summed E-state index contributed by atoms with van der Waals surface area (Å²) in [7, 11) is 0. The van der Waals surface area contributed by atoms with Crippen molar-refractivity contribution in [3.8, 4) is 22.5 Å². The molecule has 8 heteroatoms. The van der Waals surface area contributed by atoms with Gasteiger partial charge < -0.3 is 16.0 Å². The summed E-state index contributed by atoms with van der Waals surface area (Å²) in [6.07, 6.45) is 5.34. The molecular weight excluding hydrogens is 462 g/mol. The molecule has 1 aliphatic heterocycles. The summed E-state index contributed by atoms with van der Waals surface area (Å²) in [5, 5.41) is 3.96. The van der Waals surface area contributed by atoms with Crippen molar-refractivity contribution < 1.29 is 4.79 Å². The van der Waals surface area contributed by atoms with Crippen LogP contribution in [0.25, 0.3) is 38.9 Å². The normalized spacial score (nSPS) is 14.4. The van der Waals surface area contributed by atoms with E-state index in [0.29, 0.717) is 25.5 Å². The first-order chi connectivity index (χ1) is 18.1. The number of fused-ring (bicyclic) bond motifs is 2. The van der Waals surface area contributed by atoms with Crippen LogP contribution < -0.4 is 11.1 Å². The van der Waals surface area contributed by atoms with E-state index in [1.807, 2.05) is 36.2 Å². The Hall–Kier alpha value is -4.46. The van der Waals surface area contributed by atoms with Crippen LogP contribution in [0.5, 0.6) is 0 Å². The fourth-order valence-electron chi connectivity index (χ4n) is 5.21. The van der Waals surface area contributed by atoms with Crippen LogP contribution >= 0.6 is 0 Å². The van der Waals surface area contributed by atoms with Crippen molar-refractivity contribution in [1.29, 1.82) is 0 Å². The molecule has 37 heavy (non-hydrogen) atoms. The standard InChI is InChI=1S/C29H29N7O/c1-2-31-29(37)35-15-12-21(13-16-35)28-34-25(26-27(30)32-14-17-36(26)28)22-9-8-20-10-11-23(33-24(20)18-22)19-6-4-3-5-7-19/h3-11,14,17-18,21H,2,12-13,15-16H2,1H3,(H2,30,32)(H,31,37). The van der Waals surface area contributed by atoms with Crippen molar-refractivity contribution in [2.45, 2.75) is 25.7 Å². The molecule has 6 rings (SSSR count). The fourth-order valence-corrected chi connectivity index (χ4v) is 5.21. The third kappa shape index (κ3) is 4.24. The molecule has 5 aromatic rings. The lowest BCUT2D eigenvalue weighted by Gasteiger charge is -2.31. The molecule has 0 unspecified atom stereocenters. The summed E-state index contributed by atoms with van der Waals surface area (Å²) < 4.78 is 2.07. The van der Waals surface area contributed by atoms with Gasteiger partial charge in [-0.15, -0.1) is 0 Å². The molecule has 1 fully saturated rings. The summed E-state index contributed by atoms with van der Waals surface area (Å²) in [5.41, 5.74) is 11.9. The molecule has 0 atom stereocenters. The van der Waals surface area contributed by atoms with E-state index in [1.54, 1.807) is 6.20 Å². The van der Waals surface area contributed by atoms with Crippen LogP contribution in [0.15, 0.2) is 73.1 Å². The summed E-state index contributed by atoms with van der Waals surface area (Å²) in [6, 6.07) is 20.6. The number of nitrogens with one attached hydrogen (secondary N) is 1. The summed E-state index contributed by atoms with van der Waals surface area (Å²) in [4.78, 5) is 28.6. The van der Waals surface area contributed by atoms with Gasteiger partial charge >= 0.3 is 6.03 Å². The number of imidazole rings is 1. The van der Waals surface area contributed by atoms with Crippen LogP contribution in [0.4, 0.5) is 10.6 Å². The lowest BCUT2D eigenvalue weighted by molar-refractivity contribution is 0.181. The van der Waals surface area contributed by atoms with Crippen LogP contribution in [0.3, 0.4) is 0 Å². The molecule has 3 N–H and O–H groups in total. The van der Waals surface area contributed by atoms with Crippen molar-refractivity contribution in [2.75, 3.05) is 25.4 Å². The fraction of sp³-hybridized carbons (Fsp3) is 0.241. The molecule has 2 amide bonds. The zero-order valence-corrected chi connectivity index (χ0v) is 20.8. The Kier molecular flexibility index (Phi) is 5.92. The number of nitrogens with zero attached hydrogens (tertiary/aromatic N) is 5. The number of nitrogens with two attached hydrogens (primary N) is 1. The average molecular weight is 492 g/mol. The maximum absolute atomic E-state index is 12.3. The molecule has 0 spiro atoms. The molecule has 186 valence electrons. The van der Waals surface area contributed by atoms with Gasteiger partial charge in [-0.3, -0.25) is 4.40 Å². The van der Waals surface area contributed by atoms with Crippen molar-refractivity contribution in [3.63, 3.8) is 0 Å². The second-order valence-electron chi connectivity index (χ2n) is 9.42. The lowest BCUT2D eigenvalue weighted by Crippen LogP contribution is -2.44. The largest absolute Gasteiger partial charge is 0.382 e. The topological polar surface area (TPSA) is 101 Å². The predicted molar refractivity (Wildman–Crippen MR) is 146 cm³/mol. The average Bonchev–Trinajstić information content (AvgIpc) is 3.34. The second kappa shape index (κ2) is 9.54. The van der Waals surface area contributed by atoms with E-state index in [2.05, 4.69) is 57.2 Å². The molecular formula is C29H29N7O. The molecule has 3 aromatic heterocycles. The van der Waals surface area contributed by atoms with E-state index in [4.69, 9.17) is 15.7 Å². The van der Waals surface area contributed by atoms with Crippen molar-refractivity contribution in [2.24, 2.45) is 0 Å². The molecule has 0 saturated carbocycles. The quantitative estimate of drug-likeness (QED) is 0.364. The number of amides is 2. The molecule has 0 radical (unpaired) electrons. The number of rotatable bonds is 4. The van der Waals surface area contributed by atoms with Crippen LogP contribution in [0.1, 0.15) is 31.5 Å². The summed E-state index contributed by atoms with van der Waals surface area (Å²) in [5.74, 6) is 1.62. The molecule has 4 heterocycles. The zero-order valence-electron chi connectivity index (χ0n) is 20.8. The maximum atomic E-state index is 12.3. The first kappa shape index (κ1) is 23.0.